The number of hydrogen-bond donors (Lipinski definition) is 1. The van der Waals surface area contributed by atoms with E-state index in [1.165, 1.54) is 17.7 Å². The van der Waals surface area contributed by atoms with Crippen LogP contribution in [0.1, 0.15) is 12.0 Å². The lowest BCUT2D eigenvalue weighted by molar-refractivity contribution is -0.384. The van der Waals surface area contributed by atoms with Crippen molar-refractivity contribution < 1.29 is 9.31 Å². The standard InChI is InChI=1S/C17H19ClFN3O2/c1-21(12-13-6-3-2-4-7-13)11-5-10-20-17-15(22(23)24)9-8-14(18)16(17)19/h2-4,6-9,20H,5,10-12H2,1H3. The van der Waals surface area contributed by atoms with Crippen molar-refractivity contribution in [2.75, 3.05) is 25.5 Å². The molecule has 0 bridgehead atoms. The van der Waals surface area contributed by atoms with Crippen LogP contribution >= 0.6 is 11.6 Å². The Morgan fingerprint density at radius 2 is 1.96 bits per heavy atom. The van der Waals surface area contributed by atoms with Gasteiger partial charge >= 0.3 is 0 Å². The van der Waals surface area contributed by atoms with E-state index in [4.69, 9.17) is 11.6 Å². The molecule has 0 aliphatic carbocycles. The summed E-state index contributed by atoms with van der Waals surface area (Å²) in [6, 6.07) is 12.5. The first-order valence-corrected chi connectivity index (χ1v) is 7.95. The smallest absolute Gasteiger partial charge is 0.295 e. The predicted molar refractivity (Wildman–Crippen MR) is 93.9 cm³/mol. The molecule has 2 rings (SSSR count). The molecule has 24 heavy (non-hydrogen) atoms. The molecule has 0 amide bonds. The number of hydrogen-bond acceptors (Lipinski definition) is 4. The summed E-state index contributed by atoms with van der Waals surface area (Å²) in [5.41, 5.74) is 0.747. The first-order valence-electron chi connectivity index (χ1n) is 7.57. The summed E-state index contributed by atoms with van der Waals surface area (Å²) >= 11 is 5.70. The van der Waals surface area contributed by atoms with Crippen molar-refractivity contribution >= 4 is 23.0 Å². The van der Waals surface area contributed by atoms with Gasteiger partial charge in [0.05, 0.1) is 9.95 Å². The number of benzene rings is 2. The molecule has 0 aliphatic rings. The fourth-order valence-electron chi connectivity index (χ4n) is 2.40. The van der Waals surface area contributed by atoms with Gasteiger partial charge in [0.15, 0.2) is 11.5 Å². The van der Waals surface area contributed by atoms with Crippen LogP contribution in [0.3, 0.4) is 0 Å². The van der Waals surface area contributed by atoms with Gasteiger partial charge in [-0.15, -0.1) is 0 Å². The number of rotatable bonds is 8. The van der Waals surface area contributed by atoms with E-state index in [0.29, 0.717) is 13.0 Å². The molecule has 0 unspecified atom stereocenters. The Balaban J connectivity index is 1.86. The summed E-state index contributed by atoms with van der Waals surface area (Å²) in [5, 5.41) is 13.6. The molecular formula is C17H19ClFN3O2. The van der Waals surface area contributed by atoms with Crippen molar-refractivity contribution in [3.8, 4) is 0 Å². The van der Waals surface area contributed by atoms with Gasteiger partial charge in [0, 0.05) is 19.2 Å². The molecule has 0 aromatic heterocycles. The summed E-state index contributed by atoms with van der Waals surface area (Å²) < 4.78 is 14.0. The molecule has 128 valence electrons. The Bertz CT molecular complexity index is 698. The minimum absolute atomic E-state index is 0.135. The Morgan fingerprint density at radius 1 is 1.25 bits per heavy atom. The highest BCUT2D eigenvalue weighted by Crippen LogP contribution is 2.31. The van der Waals surface area contributed by atoms with Crippen LogP contribution in [0.4, 0.5) is 15.8 Å². The van der Waals surface area contributed by atoms with Gasteiger partial charge in [0.2, 0.25) is 0 Å². The van der Waals surface area contributed by atoms with Crippen LogP contribution in [0.2, 0.25) is 5.02 Å². The molecule has 7 heteroatoms. The summed E-state index contributed by atoms with van der Waals surface area (Å²) in [6.45, 7) is 2.00. The van der Waals surface area contributed by atoms with E-state index < -0.39 is 10.7 Å². The monoisotopic (exact) mass is 351 g/mol. The Kier molecular flexibility index (Phi) is 6.52. The first kappa shape index (κ1) is 18.2. The maximum atomic E-state index is 14.0. The van der Waals surface area contributed by atoms with Crippen LogP contribution in [0.5, 0.6) is 0 Å². The van der Waals surface area contributed by atoms with Crippen molar-refractivity contribution in [3.63, 3.8) is 0 Å². The molecule has 0 saturated heterocycles. The largest absolute Gasteiger partial charge is 0.377 e. The second kappa shape index (κ2) is 8.61. The zero-order valence-corrected chi connectivity index (χ0v) is 14.1. The zero-order valence-electron chi connectivity index (χ0n) is 13.3. The van der Waals surface area contributed by atoms with E-state index in [-0.39, 0.29) is 16.4 Å². The molecule has 0 radical (unpaired) electrons. The van der Waals surface area contributed by atoms with Crippen LogP contribution in [0.15, 0.2) is 42.5 Å². The van der Waals surface area contributed by atoms with Crippen LogP contribution in [0.25, 0.3) is 0 Å². The van der Waals surface area contributed by atoms with Crippen LogP contribution < -0.4 is 5.32 Å². The van der Waals surface area contributed by atoms with Crippen molar-refractivity contribution in [2.45, 2.75) is 13.0 Å². The van der Waals surface area contributed by atoms with Gasteiger partial charge in [-0.2, -0.15) is 0 Å². The van der Waals surface area contributed by atoms with Gasteiger partial charge in [-0.1, -0.05) is 41.9 Å². The summed E-state index contributed by atoms with van der Waals surface area (Å²) in [7, 11) is 2.00. The zero-order chi connectivity index (χ0) is 17.5. The molecular weight excluding hydrogens is 333 g/mol. The van der Waals surface area contributed by atoms with Crippen molar-refractivity contribution in [2.24, 2.45) is 0 Å². The quantitative estimate of drug-likeness (QED) is 0.437. The van der Waals surface area contributed by atoms with E-state index in [1.54, 1.807) is 0 Å². The minimum atomic E-state index is -0.788. The average Bonchev–Trinajstić information content (AvgIpc) is 2.55. The lowest BCUT2D eigenvalue weighted by atomic mass is 10.2. The van der Waals surface area contributed by atoms with Gasteiger partial charge < -0.3 is 10.2 Å². The first-order chi connectivity index (χ1) is 11.5. The summed E-state index contributed by atoms with van der Waals surface area (Å²) in [4.78, 5) is 12.5. The van der Waals surface area contributed by atoms with Gasteiger partial charge in [-0.3, -0.25) is 10.1 Å². The van der Waals surface area contributed by atoms with E-state index in [2.05, 4.69) is 22.3 Å². The lowest BCUT2D eigenvalue weighted by Crippen LogP contribution is -2.21. The molecule has 0 saturated carbocycles. The molecule has 2 aromatic rings. The van der Waals surface area contributed by atoms with Crippen molar-refractivity contribution in [1.82, 2.24) is 4.90 Å². The van der Waals surface area contributed by atoms with Gasteiger partial charge in [0.1, 0.15) is 0 Å². The fraction of sp³-hybridized carbons (Fsp3) is 0.294. The second-order valence-corrected chi connectivity index (χ2v) is 5.92. The molecule has 2 aromatic carbocycles. The summed E-state index contributed by atoms with van der Waals surface area (Å²) in [5.74, 6) is -0.788. The third-order valence-electron chi connectivity index (χ3n) is 3.58. The van der Waals surface area contributed by atoms with Crippen molar-refractivity contribution in [3.05, 3.63) is 69.0 Å². The van der Waals surface area contributed by atoms with Gasteiger partial charge in [-0.25, -0.2) is 4.39 Å². The molecule has 0 spiro atoms. The molecule has 5 nitrogen and oxygen atoms in total. The van der Waals surface area contributed by atoms with Crippen LogP contribution in [0, 0.1) is 15.9 Å². The number of nitrogens with one attached hydrogen (secondary N) is 1. The highest BCUT2D eigenvalue weighted by molar-refractivity contribution is 6.31. The van der Waals surface area contributed by atoms with Crippen molar-refractivity contribution in [1.29, 1.82) is 0 Å². The van der Waals surface area contributed by atoms with Crippen LogP contribution in [-0.2, 0) is 6.54 Å². The maximum Gasteiger partial charge on any atom is 0.295 e. The van der Waals surface area contributed by atoms with E-state index >= 15 is 0 Å². The second-order valence-electron chi connectivity index (χ2n) is 5.52. The lowest BCUT2D eigenvalue weighted by Gasteiger charge is -2.17. The molecule has 0 fully saturated rings. The predicted octanol–water partition coefficient (Wildman–Crippen LogP) is 4.32. The summed E-state index contributed by atoms with van der Waals surface area (Å²) in [6.07, 6.45) is 0.715. The van der Waals surface area contributed by atoms with Crippen LogP contribution in [-0.4, -0.2) is 30.0 Å². The average molecular weight is 352 g/mol. The van der Waals surface area contributed by atoms with E-state index in [1.807, 2.05) is 25.2 Å². The Morgan fingerprint density at radius 3 is 2.62 bits per heavy atom. The number of nitro groups is 1. The highest BCUT2D eigenvalue weighted by atomic mass is 35.5. The van der Waals surface area contributed by atoms with Gasteiger partial charge in [0.25, 0.3) is 5.69 Å². The molecule has 0 aliphatic heterocycles. The maximum absolute atomic E-state index is 14.0. The topological polar surface area (TPSA) is 58.4 Å². The third-order valence-corrected chi connectivity index (χ3v) is 3.88. The molecule has 0 heterocycles. The van der Waals surface area contributed by atoms with E-state index in [9.17, 15) is 14.5 Å². The Hall–Kier alpha value is -2.18. The minimum Gasteiger partial charge on any atom is -0.377 e. The number of nitrogens with zero attached hydrogens (tertiary/aromatic N) is 2. The SMILES string of the molecule is CN(CCCNc1c([N+](=O)[O-])ccc(Cl)c1F)Cc1ccccc1. The Labute approximate surface area is 145 Å². The van der Waals surface area contributed by atoms with E-state index in [0.717, 1.165) is 13.1 Å². The normalized spacial score (nSPS) is 10.8. The highest BCUT2D eigenvalue weighted by Gasteiger charge is 2.20. The third kappa shape index (κ3) is 4.91. The number of nitro benzene ring substituents is 1. The molecule has 0 atom stereocenters. The number of anilines is 1. The fourth-order valence-corrected chi connectivity index (χ4v) is 2.55. The molecule has 1 N–H and O–H groups in total. The number of halogens is 2. The van der Waals surface area contributed by atoms with Gasteiger partial charge in [-0.05, 0) is 31.6 Å².